The highest BCUT2D eigenvalue weighted by molar-refractivity contribution is 7.47. The molecule has 0 aromatic carbocycles. The topological polar surface area (TPSA) is 237 Å². The highest BCUT2D eigenvalue weighted by atomic mass is 31.2. The lowest BCUT2D eigenvalue weighted by Gasteiger charge is -2.21. The molecule has 5 atom stereocenters. The Bertz CT molecular complexity index is 2340. The maximum atomic E-state index is 13.1. The first-order chi connectivity index (χ1) is 47.7. The second-order valence-electron chi connectivity index (χ2n) is 24.8. The number of aliphatic hydroxyl groups excluding tert-OH is 1. The van der Waals surface area contributed by atoms with Gasteiger partial charge in [0.15, 0.2) is 12.2 Å². The number of hydrogen-bond acceptors (Lipinski definition) is 15. The molecule has 0 fully saturated rings. The summed E-state index contributed by atoms with van der Waals surface area (Å²) in [7, 11) is -9.98. The van der Waals surface area contributed by atoms with Crippen molar-refractivity contribution in [1.82, 2.24) is 0 Å². The average Bonchev–Trinajstić information content (AvgIpc) is 1.04. The maximum absolute atomic E-state index is 13.1. The number of carbonyl (C=O) groups is 4. The standard InChI is InChI=1S/C79H134O17P2/c1-5-9-13-17-21-25-29-33-36-40-43-47-51-55-59-63-76(81)89-69-74(95-78(83)65-61-57-53-49-45-39-32-28-24-20-16-12-8-4)71-93-97(85,86)91-67-73(80)68-92-98(87,88)94-72-75(96-79(84)66-62-58-54-50-46-42-38-35-31-27-23-19-15-11-7-3)70-90-77(82)64-60-56-52-48-44-41-37-34-30-26-22-18-14-10-6-2/h10-11,14-15,21-23,25-27,33-38,44,48,56,60,73-75,80H,5-9,12-13,16-20,24,28-32,39-43,45-47,49-55,57-59,61-72H2,1-4H3,(H,85,86)(H,87,88)/b14-10-,15-11-,25-21-,26-22-,27-23-,36-33-,37-34-,38-35-,48-44-,60-56-. The molecule has 0 aromatic rings. The van der Waals surface area contributed by atoms with Crippen molar-refractivity contribution in [2.24, 2.45) is 0 Å². The van der Waals surface area contributed by atoms with Gasteiger partial charge in [0.2, 0.25) is 0 Å². The van der Waals surface area contributed by atoms with Crippen LogP contribution in [0.15, 0.2) is 122 Å². The van der Waals surface area contributed by atoms with E-state index in [1.807, 2.05) is 18.2 Å². The molecule has 0 aliphatic rings. The zero-order valence-corrected chi connectivity index (χ0v) is 63.0. The molecule has 0 rings (SSSR count). The lowest BCUT2D eigenvalue weighted by Crippen LogP contribution is -2.30. The highest BCUT2D eigenvalue weighted by Crippen LogP contribution is 2.45. The quantitative estimate of drug-likeness (QED) is 0.0169. The summed E-state index contributed by atoms with van der Waals surface area (Å²) < 4.78 is 68.3. The van der Waals surface area contributed by atoms with Crippen LogP contribution in [-0.4, -0.2) is 96.7 Å². The molecule has 0 aliphatic heterocycles. The second-order valence-corrected chi connectivity index (χ2v) is 27.8. The molecule has 0 saturated heterocycles. The van der Waals surface area contributed by atoms with Gasteiger partial charge in [0.05, 0.1) is 32.8 Å². The van der Waals surface area contributed by atoms with Crippen LogP contribution in [0.2, 0.25) is 0 Å². The van der Waals surface area contributed by atoms with Gasteiger partial charge >= 0.3 is 39.5 Å². The molecule has 562 valence electrons. The third kappa shape index (κ3) is 69.9. The van der Waals surface area contributed by atoms with Gasteiger partial charge < -0.3 is 33.8 Å². The molecule has 0 bridgehead atoms. The Labute approximate surface area is 593 Å². The Hall–Kier alpha value is -4.54. The summed E-state index contributed by atoms with van der Waals surface area (Å²) >= 11 is 0. The van der Waals surface area contributed by atoms with Crippen molar-refractivity contribution < 1.29 is 80.2 Å². The molecule has 0 aromatic heterocycles. The van der Waals surface area contributed by atoms with Crippen molar-refractivity contribution in [3.63, 3.8) is 0 Å². The van der Waals surface area contributed by atoms with Gasteiger partial charge in [-0.3, -0.25) is 37.3 Å². The molecule has 19 heteroatoms. The summed E-state index contributed by atoms with van der Waals surface area (Å²) in [5.41, 5.74) is 0. The van der Waals surface area contributed by atoms with Gasteiger partial charge in [0.25, 0.3) is 0 Å². The Morgan fingerprint density at radius 1 is 0.306 bits per heavy atom. The van der Waals surface area contributed by atoms with Gasteiger partial charge in [0.1, 0.15) is 19.3 Å². The lowest BCUT2D eigenvalue weighted by molar-refractivity contribution is -0.161. The minimum atomic E-state index is -5.00. The van der Waals surface area contributed by atoms with Crippen LogP contribution in [0.4, 0.5) is 0 Å². The van der Waals surface area contributed by atoms with Crippen LogP contribution in [0.1, 0.15) is 297 Å². The summed E-state index contributed by atoms with van der Waals surface area (Å²) in [6, 6.07) is 0. The van der Waals surface area contributed by atoms with E-state index in [2.05, 4.69) is 125 Å². The number of rotatable bonds is 70. The van der Waals surface area contributed by atoms with Gasteiger partial charge in [-0.1, -0.05) is 278 Å². The van der Waals surface area contributed by atoms with E-state index in [-0.39, 0.29) is 25.7 Å². The van der Waals surface area contributed by atoms with E-state index in [1.54, 1.807) is 6.08 Å². The largest absolute Gasteiger partial charge is 0.472 e. The van der Waals surface area contributed by atoms with E-state index in [0.29, 0.717) is 25.7 Å². The van der Waals surface area contributed by atoms with Crippen LogP contribution in [0.5, 0.6) is 0 Å². The molecule has 17 nitrogen and oxygen atoms in total. The molecule has 0 heterocycles. The fourth-order valence-corrected chi connectivity index (χ4v) is 11.3. The first kappa shape index (κ1) is 93.5. The summed E-state index contributed by atoms with van der Waals surface area (Å²) in [4.78, 5) is 72.7. The number of hydrogen-bond donors (Lipinski definition) is 3. The van der Waals surface area contributed by atoms with Crippen LogP contribution in [0.3, 0.4) is 0 Å². The molecule has 0 spiro atoms. The van der Waals surface area contributed by atoms with Gasteiger partial charge in [-0.25, -0.2) is 9.13 Å². The van der Waals surface area contributed by atoms with Crippen molar-refractivity contribution >= 4 is 39.5 Å². The number of allylic oxidation sites excluding steroid dienone is 19. The van der Waals surface area contributed by atoms with Crippen molar-refractivity contribution in [3.05, 3.63) is 122 Å². The molecule has 3 N–H and O–H groups in total. The smallest absolute Gasteiger partial charge is 0.462 e. The van der Waals surface area contributed by atoms with Crippen LogP contribution in [-0.2, 0) is 65.4 Å². The Balaban J connectivity index is 5.43. The Morgan fingerprint density at radius 3 is 0.929 bits per heavy atom. The minimum absolute atomic E-state index is 0.0536. The van der Waals surface area contributed by atoms with Crippen LogP contribution in [0, 0.1) is 0 Å². The van der Waals surface area contributed by atoms with Crippen LogP contribution in [0.25, 0.3) is 0 Å². The molecule has 0 radical (unpaired) electrons. The van der Waals surface area contributed by atoms with Crippen molar-refractivity contribution in [1.29, 1.82) is 0 Å². The third-order valence-electron chi connectivity index (χ3n) is 15.5. The number of esters is 4. The normalized spacial score (nSPS) is 14.6. The molecule has 98 heavy (non-hydrogen) atoms. The van der Waals surface area contributed by atoms with Crippen molar-refractivity contribution in [2.45, 2.75) is 316 Å². The van der Waals surface area contributed by atoms with Gasteiger partial charge in [-0.2, -0.15) is 0 Å². The van der Waals surface area contributed by atoms with Gasteiger partial charge in [0, 0.05) is 19.3 Å². The van der Waals surface area contributed by atoms with Crippen molar-refractivity contribution in [2.75, 3.05) is 39.6 Å². The Kier molecular flexibility index (Phi) is 67.6. The van der Waals surface area contributed by atoms with Gasteiger partial charge in [-0.15, -0.1) is 0 Å². The summed E-state index contributed by atoms with van der Waals surface area (Å²) in [5, 5.41) is 10.6. The SMILES string of the molecule is CC/C=C\C/C=C\C/C=C\C/C=C\C/C=C\CC(=O)OCC(COP(=O)(O)OCC(O)COP(=O)(O)OCC(COC(=O)CCCCCCC/C=C\C/C=C\CCCCC)OC(=O)CCCCCCCCCCCCCCC)OC(=O)CCCCCCC/C=C\C/C=C\C/C=C\CC. The fourth-order valence-electron chi connectivity index (χ4n) is 9.75. The van der Waals surface area contributed by atoms with E-state index >= 15 is 0 Å². The summed E-state index contributed by atoms with van der Waals surface area (Å²) in [6.07, 6.45) is 76.5. The molecular formula is C79H134O17P2. The van der Waals surface area contributed by atoms with E-state index in [0.717, 1.165) is 148 Å². The number of aliphatic hydroxyl groups is 1. The molecular weight excluding hydrogens is 1280 g/mol. The zero-order chi connectivity index (χ0) is 71.8. The summed E-state index contributed by atoms with van der Waals surface area (Å²) in [6.45, 7) is 4.47. The van der Waals surface area contributed by atoms with Crippen LogP contribution >= 0.6 is 15.6 Å². The minimum Gasteiger partial charge on any atom is -0.462 e. The highest BCUT2D eigenvalue weighted by Gasteiger charge is 2.30. The predicted molar refractivity (Wildman–Crippen MR) is 399 cm³/mol. The molecule has 0 aliphatic carbocycles. The van der Waals surface area contributed by atoms with Crippen LogP contribution < -0.4 is 0 Å². The monoisotopic (exact) mass is 1420 g/mol. The van der Waals surface area contributed by atoms with E-state index in [9.17, 15) is 43.2 Å². The number of ether oxygens (including phenoxy) is 4. The van der Waals surface area contributed by atoms with E-state index in [4.69, 9.17) is 37.0 Å². The third-order valence-corrected chi connectivity index (χ3v) is 17.4. The lowest BCUT2D eigenvalue weighted by atomic mass is 10.0. The van der Waals surface area contributed by atoms with Crippen molar-refractivity contribution in [3.8, 4) is 0 Å². The number of phosphoric acid groups is 2. The fraction of sp³-hybridized carbons (Fsp3) is 0.696. The van der Waals surface area contributed by atoms with E-state index in [1.165, 1.54) is 70.6 Å². The first-order valence-electron chi connectivity index (χ1n) is 37.8. The first-order valence-corrected chi connectivity index (χ1v) is 40.8. The molecule has 0 saturated carbocycles. The summed E-state index contributed by atoms with van der Waals surface area (Å²) in [5.74, 6) is -2.35. The average molecular weight is 1420 g/mol. The number of carbonyl (C=O) groups excluding carboxylic acids is 4. The number of unbranched alkanes of at least 4 members (excludes halogenated alkanes) is 25. The van der Waals surface area contributed by atoms with Gasteiger partial charge in [-0.05, 0) is 116 Å². The number of phosphoric ester groups is 2. The molecule has 5 unspecified atom stereocenters. The Morgan fingerprint density at radius 2 is 0.571 bits per heavy atom. The maximum Gasteiger partial charge on any atom is 0.472 e. The van der Waals surface area contributed by atoms with E-state index < -0.39 is 97.5 Å². The zero-order valence-electron chi connectivity index (χ0n) is 61.2. The second kappa shape index (κ2) is 70.9. The predicted octanol–water partition coefficient (Wildman–Crippen LogP) is 21.6. The molecule has 0 amide bonds.